The molecule has 0 unspecified atom stereocenters. The number of hydrogen-bond donors (Lipinski definition) is 2. The van der Waals surface area contributed by atoms with Gasteiger partial charge >= 0.3 is 0 Å². The van der Waals surface area contributed by atoms with E-state index in [1.165, 1.54) is 0 Å². The van der Waals surface area contributed by atoms with Crippen LogP contribution in [0.25, 0.3) is 0 Å². The minimum absolute atomic E-state index is 0.478. The summed E-state index contributed by atoms with van der Waals surface area (Å²) < 4.78 is 5.48. The van der Waals surface area contributed by atoms with Crippen LogP contribution in [0, 0.1) is 0 Å². The van der Waals surface area contributed by atoms with Crippen LogP contribution in [0.1, 0.15) is 6.92 Å². The minimum Gasteiger partial charge on any atom is -0.494 e. The summed E-state index contributed by atoms with van der Waals surface area (Å²) in [7, 11) is 5.54. The lowest BCUT2D eigenvalue weighted by molar-refractivity contribution is 0.340. The molecule has 0 saturated carbocycles. The van der Waals surface area contributed by atoms with Gasteiger partial charge in [0.25, 0.3) is 0 Å². The van der Waals surface area contributed by atoms with E-state index in [2.05, 4.69) is 25.6 Å². The Morgan fingerprint density at radius 2 is 1.90 bits per heavy atom. The van der Waals surface area contributed by atoms with Crippen LogP contribution < -0.4 is 20.3 Å². The van der Waals surface area contributed by atoms with Gasteiger partial charge in [-0.15, -0.1) is 0 Å². The molecule has 0 aliphatic heterocycles. The molecule has 0 spiro atoms. The molecule has 1 heterocycles. The Kier molecular flexibility index (Phi) is 4.76. The zero-order valence-electron chi connectivity index (χ0n) is 12.7. The molecule has 0 radical (unpaired) electrons. The Morgan fingerprint density at radius 1 is 1.14 bits per heavy atom. The monoisotopic (exact) mass is 288 g/mol. The molecule has 7 nitrogen and oxygen atoms in total. The molecule has 112 valence electrons. The van der Waals surface area contributed by atoms with Gasteiger partial charge in [-0.1, -0.05) is 6.07 Å². The average molecular weight is 288 g/mol. The second-order valence-electron chi connectivity index (χ2n) is 4.51. The molecule has 0 saturated heterocycles. The summed E-state index contributed by atoms with van der Waals surface area (Å²) in [5.74, 6) is 2.37. The molecular weight excluding hydrogens is 268 g/mol. The summed E-state index contributed by atoms with van der Waals surface area (Å²) >= 11 is 0. The molecule has 21 heavy (non-hydrogen) atoms. The van der Waals surface area contributed by atoms with Gasteiger partial charge in [0.05, 0.1) is 6.61 Å². The van der Waals surface area contributed by atoms with Crippen molar-refractivity contribution in [2.45, 2.75) is 6.92 Å². The van der Waals surface area contributed by atoms with Gasteiger partial charge < -0.3 is 20.3 Å². The number of nitrogens with zero attached hydrogens (tertiary/aromatic N) is 4. The lowest BCUT2D eigenvalue weighted by atomic mass is 10.3. The van der Waals surface area contributed by atoms with Crippen LogP contribution in [0.2, 0.25) is 0 Å². The lowest BCUT2D eigenvalue weighted by Crippen LogP contribution is -2.15. The largest absolute Gasteiger partial charge is 0.494 e. The van der Waals surface area contributed by atoms with Crippen LogP contribution in [0.5, 0.6) is 5.75 Å². The first kappa shape index (κ1) is 14.8. The zero-order valence-corrected chi connectivity index (χ0v) is 12.7. The summed E-state index contributed by atoms with van der Waals surface area (Å²) in [6, 6.07) is 7.66. The van der Waals surface area contributed by atoms with E-state index in [4.69, 9.17) is 4.74 Å². The van der Waals surface area contributed by atoms with E-state index in [9.17, 15) is 0 Å². The third-order valence-corrected chi connectivity index (χ3v) is 2.65. The number of hydrogen-bond acceptors (Lipinski definition) is 7. The number of nitrogens with one attached hydrogen (secondary N) is 2. The van der Waals surface area contributed by atoms with Gasteiger partial charge in [-0.05, 0) is 19.1 Å². The topological polar surface area (TPSA) is 75.2 Å². The first-order valence-electron chi connectivity index (χ1n) is 6.73. The highest BCUT2D eigenvalue weighted by molar-refractivity contribution is 5.57. The highest BCUT2D eigenvalue weighted by atomic mass is 16.5. The van der Waals surface area contributed by atoms with Gasteiger partial charge in [0.1, 0.15) is 5.75 Å². The quantitative estimate of drug-likeness (QED) is 0.843. The maximum atomic E-state index is 5.48. The molecule has 1 aromatic heterocycles. The Balaban J connectivity index is 2.26. The van der Waals surface area contributed by atoms with Crippen molar-refractivity contribution in [2.75, 3.05) is 43.3 Å². The van der Waals surface area contributed by atoms with Gasteiger partial charge in [0.2, 0.25) is 17.8 Å². The van der Waals surface area contributed by atoms with Gasteiger partial charge in [0, 0.05) is 32.9 Å². The fraction of sp³-hybridized carbons (Fsp3) is 0.357. The molecule has 0 fully saturated rings. The second-order valence-corrected chi connectivity index (χ2v) is 4.51. The van der Waals surface area contributed by atoms with E-state index in [0.717, 1.165) is 11.4 Å². The number of ether oxygens (including phenoxy) is 1. The van der Waals surface area contributed by atoms with Crippen LogP contribution in [-0.2, 0) is 0 Å². The molecule has 2 rings (SSSR count). The molecule has 2 N–H and O–H groups in total. The Hall–Kier alpha value is -2.57. The van der Waals surface area contributed by atoms with Crippen LogP contribution >= 0.6 is 0 Å². The maximum absolute atomic E-state index is 5.48. The fourth-order valence-corrected chi connectivity index (χ4v) is 1.69. The second kappa shape index (κ2) is 6.74. The molecule has 0 aliphatic rings. The van der Waals surface area contributed by atoms with Crippen molar-refractivity contribution in [3.05, 3.63) is 24.3 Å². The van der Waals surface area contributed by atoms with Gasteiger partial charge in [-0.2, -0.15) is 15.0 Å². The van der Waals surface area contributed by atoms with E-state index in [1.807, 2.05) is 50.2 Å². The normalized spacial score (nSPS) is 10.1. The third-order valence-electron chi connectivity index (χ3n) is 2.65. The SMILES string of the molecule is CCOc1cccc(Nc2nc(NC)nc(N(C)C)n2)c1. The Bertz CT molecular complexity index is 602. The molecule has 0 bridgehead atoms. The van der Waals surface area contributed by atoms with Crippen molar-refractivity contribution < 1.29 is 4.74 Å². The van der Waals surface area contributed by atoms with Crippen molar-refractivity contribution in [3.63, 3.8) is 0 Å². The van der Waals surface area contributed by atoms with E-state index < -0.39 is 0 Å². The predicted octanol–water partition coefficient (Wildman–Crippen LogP) is 2.12. The molecule has 1 aromatic carbocycles. The van der Waals surface area contributed by atoms with Crippen LogP contribution in [-0.4, -0.2) is 42.7 Å². The molecule has 0 atom stereocenters. The standard InChI is InChI=1S/C14H20N6O/c1-5-21-11-8-6-7-10(9-11)16-13-17-12(15-2)18-14(19-13)20(3)4/h6-9H,5H2,1-4H3,(H2,15,16,17,18,19). The molecule has 0 amide bonds. The minimum atomic E-state index is 0.478. The molecule has 7 heteroatoms. The van der Waals surface area contributed by atoms with Crippen molar-refractivity contribution >= 4 is 23.5 Å². The van der Waals surface area contributed by atoms with Crippen molar-refractivity contribution in [1.82, 2.24) is 15.0 Å². The molecule has 0 aliphatic carbocycles. The van der Waals surface area contributed by atoms with Gasteiger partial charge in [-0.25, -0.2) is 0 Å². The number of benzene rings is 1. The fourth-order valence-electron chi connectivity index (χ4n) is 1.69. The Morgan fingerprint density at radius 3 is 2.57 bits per heavy atom. The zero-order chi connectivity index (χ0) is 15.2. The first-order valence-corrected chi connectivity index (χ1v) is 6.73. The van der Waals surface area contributed by atoms with Crippen molar-refractivity contribution in [2.24, 2.45) is 0 Å². The summed E-state index contributed by atoms with van der Waals surface area (Å²) in [5.41, 5.74) is 0.860. The van der Waals surface area contributed by atoms with Gasteiger partial charge in [0.15, 0.2) is 0 Å². The number of anilines is 4. The Labute approximate surface area is 124 Å². The number of rotatable bonds is 6. The van der Waals surface area contributed by atoms with E-state index >= 15 is 0 Å². The molecule has 2 aromatic rings. The van der Waals surface area contributed by atoms with E-state index in [1.54, 1.807) is 7.05 Å². The highest BCUT2D eigenvalue weighted by Crippen LogP contribution is 2.21. The maximum Gasteiger partial charge on any atom is 0.233 e. The van der Waals surface area contributed by atoms with Crippen LogP contribution in [0.4, 0.5) is 23.5 Å². The lowest BCUT2D eigenvalue weighted by Gasteiger charge is -2.13. The third kappa shape index (κ3) is 3.95. The summed E-state index contributed by atoms with van der Waals surface area (Å²) in [6.45, 7) is 2.58. The predicted molar refractivity (Wildman–Crippen MR) is 84.6 cm³/mol. The summed E-state index contributed by atoms with van der Waals surface area (Å²) in [4.78, 5) is 14.7. The van der Waals surface area contributed by atoms with Gasteiger partial charge in [-0.3, -0.25) is 0 Å². The number of aromatic nitrogens is 3. The highest BCUT2D eigenvalue weighted by Gasteiger charge is 2.07. The first-order chi connectivity index (χ1) is 10.1. The average Bonchev–Trinajstić information content (AvgIpc) is 2.47. The molecular formula is C14H20N6O. The van der Waals surface area contributed by atoms with Crippen LogP contribution in [0.3, 0.4) is 0 Å². The van der Waals surface area contributed by atoms with Crippen LogP contribution in [0.15, 0.2) is 24.3 Å². The van der Waals surface area contributed by atoms with Crippen molar-refractivity contribution in [1.29, 1.82) is 0 Å². The van der Waals surface area contributed by atoms with E-state index in [-0.39, 0.29) is 0 Å². The summed E-state index contributed by atoms with van der Waals surface area (Å²) in [5, 5.41) is 6.09. The van der Waals surface area contributed by atoms with E-state index in [0.29, 0.717) is 24.5 Å². The smallest absolute Gasteiger partial charge is 0.233 e. The van der Waals surface area contributed by atoms with Crippen molar-refractivity contribution in [3.8, 4) is 5.75 Å². The summed E-state index contributed by atoms with van der Waals surface area (Å²) in [6.07, 6.45) is 0.